The third-order valence-corrected chi connectivity index (χ3v) is 8.96. The first-order valence-electron chi connectivity index (χ1n) is 14.9. The second kappa shape index (κ2) is 10.7. The number of ether oxygens (including phenoxy) is 8. The first kappa shape index (κ1) is 27.7. The highest BCUT2D eigenvalue weighted by molar-refractivity contribution is 5.84. The van der Waals surface area contributed by atoms with Crippen LogP contribution in [-0.2, 0) is 22.3 Å². The number of hydrogen-bond acceptors (Lipinski definition) is 10. The fourth-order valence-electron chi connectivity index (χ4n) is 6.98. The van der Waals surface area contributed by atoms with Crippen LogP contribution in [-0.4, -0.2) is 50.7 Å². The van der Waals surface area contributed by atoms with Crippen LogP contribution in [0.1, 0.15) is 52.5 Å². The van der Waals surface area contributed by atoms with E-state index in [1.165, 1.54) is 0 Å². The fourth-order valence-corrected chi connectivity index (χ4v) is 6.98. The second-order valence-electron chi connectivity index (χ2n) is 11.5. The molecule has 0 aliphatic carbocycles. The summed E-state index contributed by atoms with van der Waals surface area (Å²) in [6.45, 7) is 2.77. The summed E-state index contributed by atoms with van der Waals surface area (Å²) in [6, 6.07) is 14.9. The molecule has 3 atom stereocenters. The molecule has 10 nitrogen and oxygen atoms in total. The van der Waals surface area contributed by atoms with Gasteiger partial charge in [0.1, 0.15) is 23.7 Å². The Morgan fingerprint density at radius 2 is 1.36 bits per heavy atom. The molecule has 0 spiro atoms. The van der Waals surface area contributed by atoms with E-state index in [0.29, 0.717) is 59.5 Å². The summed E-state index contributed by atoms with van der Waals surface area (Å²) in [4.78, 5) is 0. The molecule has 4 aliphatic rings. The standard InChI is InChI=1S/C35H32O10/c1-17-10-21-22(13-23(36)33(37)32(21)35(45-17)19-5-7-25-27(12-19)44-16-42-25)30-20-8-9-40-34(31(20)29(39-3)14-28(30)38-2)18-4-6-24-26(11-18)43-15-41-24/h4-7,11-14,17,34-37H,8-10,15-16H2,1-3H3. The van der Waals surface area contributed by atoms with E-state index in [1.807, 2.05) is 49.4 Å². The van der Waals surface area contributed by atoms with Crippen molar-refractivity contribution in [2.45, 2.75) is 38.1 Å². The highest BCUT2D eigenvalue weighted by atomic mass is 16.7. The van der Waals surface area contributed by atoms with E-state index < -0.39 is 12.2 Å². The van der Waals surface area contributed by atoms with Crippen molar-refractivity contribution in [3.05, 3.63) is 81.9 Å². The highest BCUT2D eigenvalue weighted by Crippen LogP contribution is 2.54. The van der Waals surface area contributed by atoms with Gasteiger partial charge in [-0.05, 0) is 77.9 Å². The molecular formula is C35H32O10. The molecule has 45 heavy (non-hydrogen) atoms. The van der Waals surface area contributed by atoms with E-state index in [2.05, 4.69) is 0 Å². The number of aromatic hydroxyl groups is 2. The van der Waals surface area contributed by atoms with Crippen LogP contribution < -0.4 is 28.4 Å². The van der Waals surface area contributed by atoms with Crippen LogP contribution in [0.5, 0.6) is 46.0 Å². The minimum Gasteiger partial charge on any atom is -0.504 e. The minimum atomic E-state index is -0.658. The van der Waals surface area contributed by atoms with Crippen molar-refractivity contribution in [2.75, 3.05) is 34.4 Å². The lowest BCUT2D eigenvalue weighted by Crippen LogP contribution is -2.26. The Labute approximate surface area is 259 Å². The second-order valence-corrected chi connectivity index (χ2v) is 11.5. The van der Waals surface area contributed by atoms with Crippen LogP contribution in [0.3, 0.4) is 0 Å². The molecule has 0 saturated carbocycles. The van der Waals surface area contributed by atoms with E-state index >= 15 is 0 Å². The van der Waals surface area contributed by atoms with Crippen molar-refractivity contribution in [1.82, 2.24) is 0 Å². The molecule has 0 saturated heterocycles. The maximum absolute atomic E-state index is 11.4. The number of methoxy groups -OCH3 is 2. The number of benzene rings is 4. The molecule has 232 valence electrons. The Kier molecular flexibility index (Phi) is 6.58. The Morgan fingerprint density at radius 1 is 0.711 bits per heavy atom. The molecule has 0 fully saturated rings. The van der Waals surface area contributed by atoms with E-state index in [0.717, 1.165) is 38.9 Å². The number of hydrogen-bond donors (Lipinski definition) is 2. The molecule has 4 heterocycles. The summed E-state index contributed by atoms with van der Waals surface area (Å²) in [7, 11) is 3.25. The van der Waals surface area contributed by atoms with Crippen LogP contribution in [0.2, 0.25) is 0 Å². The van der Waals surface area contributed by atoms with Crippen molar-refractivity contribution in [3.63, 3.8) is 0 Å². The molecule has 0 radical (unpaired) electrons. The minimum absolute atomic E-state index is 0.146. The van der Waals surface area contributed by atoms with E-state index in [4.69, 9.17) is 37.9 Å². The number of rotatable bonds is 5. The molecule has 4 aliphatic heterocycles. The quantitative estimate of drug-likeness (QED) is 0.262. The SMILES string of the molecule is COc1cc(OC)c2c(c1-c1cc(O)c(O)c3c1CC(C)OC3c1ccc3c(c1)OCO3)CCOC2c1ccc2c(c1)OCO2. The lowest BCUT2D eigenvalue weighted by atomic mass is 9.80. The smallest absolute Gasteiger partial charge is 0.231 e. The summed E-state index contributed by atoms with van der Waals surface area (Å²) in [6.07, 6.45) is -0.221. The van der Waals surface area contributed by atoms with Crippen LogP contribution in [0.4, 0.5) is 0 Å². The predicted octanol–water partition coefficient (Wildman–Crippen LogP) is 5.95. The third-order valence-electron chi connectivity index (χ3n) is 8.96. The summed E-state index contributed by atoms with van der Waals surface area (Å²) >= 11 is 0. The average Bonchev–Trinajstić information content (AvgIpc) is 3.74. The largest absolute Gasteiger partial charge is 0.504 e. The van der Waals surface area contributed by atoms with Gasteiger partial charge in [0.05, 0.1) is 26.9 Å². The summed E-state index contributed by atoms with van der Waals surface area (Å²) < 4.78 is 47.1. The van der Waals surface area contributed by atoms with Gasteiger partial charge >= 0.3 is 0 Å². The molecule has 3 unspecified atom stereocenters. The molecule has 4 aromatic rings. The lowest BCUT2D eigenvalue weighted by Gasteiger charge is -2.35. The first-order chi connectivity index (χ1) is 21.9. The summed E-state index contributed by atoms with van der Waals surface area (Å²) in [5, 5.41) is 22.6. The van der Waals surface area contributed by atoms with Gasteiger partial charge in [0, 0.05) is 22.8 Å². The molecule has 4 aromatic carbocycles. The molecule has 0 amide bonds. The van der Waals surface area contributed by atoms with Gasteiger partial charge in [-0.25, -0.2) is 0 Å². The van der Waals surface area contributed by atoms with Gasteiger partial charge in [0.25, 0.3) is 0 Å². The van der Waals surface area contributed by atoms with Gasteiger partial charge in [-0.1, -0.05) is 12.1 Å². The van der Waals surface area contributed by atoms with Crippen LogP contribution >= 0.6 is 0 Å². The van der Waals surface area contributed by atoms with Crippen LogP contribution in [0.15, 0.2) is 48.5 Å². The van der Waals surface area contributed by atoms with E-state index in [1.54, 1.807) is 20.3 Å². The summed E-state index contributed by atoms with van der Waals surface area (Å²) in [5.74, 6) is 3.36. The van der Waals surface area contributed by atoms with Crippen molar-refractivity contribution in [1.29, 1.82) is 0 Å². The van der Waals surface area contributed by atoms with Crippen molar-refractivity contribution < 1.29 is 48.1 Å². The Bertz CT molecular complexity index is 1830. The van der Waals surface area contributed by atoms with E-state index in [-0.39, 0.29) is 31.2 Å². The van der Waals surface area contributed by atoms with Crippen LogP contribution in [0.25, 0.3) is 11.1 Å². The zero-order valence-corrected chi connectivity index (χ0v) is 25.0. The van der Waals surface area contributed by atoms with Gasteiger partial charge in [0.15, 0.2) is 34.5 Å². The van der Waals surface area contributed by atoms with Gasteiger partial charge in [0.2, 0.25) is 13.6 Å². The molecular weight excluding hydrogens is 580 g/mol. The van der Waals surface area contributed by atoms with Crippen molar-refractivity contribution >= 4 is 0 Å². The molecule has 10 heteroatoms. The predicted molar refractivity (Wildman–Crippen MR) is 161 cm³/mol. The Morgan fingerprint density at radius 3 is 2.02 bits per heavy atom. The fraction of sp³-hybridized carbons (Fsp3) is 0.314. The third kappa shape index (κ3) is 4.39. The molecule has 2 N–H and O–H groups in total. The maximum Gasteiger partial charge on any atom is 0.231 e. The maximum atomic E-state index is 11.4. The molecule has 8 rings (SSSR count). The summed E-state index contributed by atoms with van der Waals surface area (Å²) in [5.41, 5.74) is 6.46. The number of phenolic OH excluding ortho intramolecular Hbond substituents is 2. The highest BCUT2D eigenvalue weighted by Gasteiger charge is 2.37. The normalized spacial score (nSPS) is 20.8. The average molecular weight is 613 g/mol. The first-order valence-corrected chi connectivity index (χ1v) is 14.9. The Balaban J connectivity index is 1.34. The van der Waals surface area contributed by atoms with Gasteiger partial charge in [-0.15, -0.1) is 0 Å². The van der Waals surface area contributed by atoms with E-state index in [9.17, 15) is 10.2 Å². The van der Waals surface area contributed by atoms with Gasteiger partial charge in [-0.3, -0.25) is 0 Å². The monoisotopic (exact) mass is 612 g/mol. The topological polar surface area (TPSA) is 114 Å². The van der Waals surface area contributed by atoms with Gasteiger partial charge in [-0.2, -0.15) is 0 Å². The van der Waals surface area contributed by atoms with Gasteiger partial charge < -0.3 is 48.1 Å². The number of fused-ring (bicyclic) bond motifs is 4. The lowest BCUT2D eigenvalue weighted by molar-refractivity contribution is 0.00581. The molecule has 0 bridgehead atoms. The molecule has 0 aromatic heterocycles. The zero-order valence-electron chi connectivity index (χ0n) is 25.0. The Hall–Kier alpha value is -4.80. The zero-order chi connectivity index (χ0) is 30.8. The van der Waals surface area contributed by atoms with Crippen LogP contribution in [0, 0.1) is 0 Å². The van der Waals surface area contributed by atoms with Crippen molar-refractivity contribution in [2.24, 2.45) is 0 Å². The van der Waals surface area contributed by atoms with Crippen molar-refractivity contribution in [3.8, 4) is 57.1 Å². The number of phenols is 2.